The Balaban J connectivity index is 0.000000320. The SMILES string of the molecule is CC(C)c1ccc(C(C)C)c(C(C)C)c1F.Cc1cc(C(C)C)cc(C(C)C)c1C(C)C. The molecule has 0 amide bonds. The van der Waals surface area contributed by atoms with Crippen LogP contribution in [0.15, 0.2) is 24.3 Å². The monoisotopic (exact) mass is 440 g/mol. The van der Waals surface area contributed by atoms with Crippen molar-refractivity contribution < 1.29 is 4.39 Å². The minimum absolute atomic E-state index is 0.0104. The lowest BCUT2D eigenvalue weighted by atomic mass is 9.84. The summed E-state index contributed by atoms with van der Waals surface area (Å²) in [7, 11) is 0. The standard InChI is InChI=1S/C16H26.C15H23F/c1-10(2)14-8-13(7)16(12(5)6)15(9-14)11(3)4;1-9(2)12-7-8-13(10(3)4)15(16)14(12)11(5)6/h8-12H,1-7H3;7-11H,1-6H3. The highest BCUT2D eigenvalue weighted by molar-refractivity contribution is 5.43. The molecule has 1 heteroatoms. The maximum absolute atomic E-state index is 14.4. The maximum atomic E-state index is 14.4. The summed E-state index contributed by atoms with van der Waals surface area (Å²) < 4.78 is 14.4. The molecule has 0 aliphatic rings. The molecule has 180 valence electrons. The fourth-order valence-electron chi connectivity index (χ4n) is 4.61. The van der Waals surface area contributed by atoms with Gasteiger partial charge in [-0.05, 0) is 81.4 Å². The number of hydrogen-bond acceptors (Lipinski definition) is 0. The van der Waals surface area contributed by atoms with E-state index in [-0.39, 0.29) is 17.7 Å². The van der Waals surface area contributed by atoms with Crippen LogP contribution >= 0.6 is 0 Å². The van der Waals surface area contributed by atoms with Gasteiger partial charge in [0.25, 0.3) is 0 Å². The van der Waals surface area contributed by atoms with Crippen LogP contribution in [0.1, 0.15) is 158 Å². The third-order valence-corrected chi connectivity index (χ3v) is 6.37. The second-order valence-corrected chi connectivity index (χ2v) is 11.2. The quantitative estimate of drug-likeness (QED) is 0.419. The lowest BCUT2D eigenvalue weighted by Crippen LogP contribution is -2.06. The van der Waals surface area contributed by atoms with Crippen LogP contribution in [0.2, 0.25) is 0 Å². The van der Waals surface area contributed by atoms with Crippen LogP contribution in [0.25, 0.3) is 0 Å². The highest BCUT2D eigenvalue weighted by Gasteiger charge is 2.19. The van der Waals surface area contributed by atoms with Gasteiger partial charge in [-0.2, -0.15) is 0 Å². The summed E-state index contributed by atoms with van der Waals surface area (Å²) in [5.74, 6) is 2.75. The van der Waals surface area contributed by atoms with Gasteiger partial charge in [-0.1, -0.05) is 107 Å². The average Bonchev–Trinajstić information content (AvgIpc) is 2.66. The van der Waals surface area contributed by atoms with Crippen LogP contribution < -0.4 is 0 Å². The Morgan fingerprint density at radius 3 is 1.31 bits per heavy atom. The molecule has 0 heterocycles. The summed E-state index contributed by atoms with van der Waals surface area (Å²) in [4.78, 5) is 0. The summed E-state index contributed by atoms with van der Waals surface area (Å²) in [6.45, 7) is 28.4. The molecule has 0 fully saturated rings. The minimum Gasteiger partial charge on any atom is -0.206 e. The zero-order valence-electron chi connectivity index (χ0n) is 23.2. The lowest BCUT2D eigenvalue weighted by molar-refractivity contribution is 0.565. The molecule has 2 aromatic rings. The van der Waals surface area contributed by atoms with Crippen LogP contribution in [0.3, 0.4) is 0 Å². The van der Waals surface area contributed by atoms with E-state index in [9.17, 15) is 4.39 Å². The van der Waals surface area contributed by atoms with Gasteiger partial charge in [0.15, 0.2) is 0 Å². The second-order valence-electron chi connectivity index (χ2n) is 11.2. The summed E-state index contributed by atoms with van der Waals surface area (Å²) in [5.41, 5.74) is 8.93. The summed E-state index contributed by atoms with van der Waals surface area (Å²) in [6, 6.07) is 8.82. The van der Waals surface area contributed by atoms with E-state index in [1.807, 2.05) is 19.9 Å². The normalized spacial score (nSPS) is 11.9. The Labute approximate surface area is 199 Å². The molecular formula is C31H49F. The minimum atomic E-state index is 0.0104. The zero-order valence-corrected chi connectivity index (χ0v) is 23.2. The van der Waals surface area contributed by atoms with Crippen LogP contribution in [0.4, 0.5) is 4.39 Å². The Hall–Kier alpha value is -1.63. The van der Waals surface area contributed by atoms with E-state index < -0.39 is 0 Å². The molecule has 0 radical (unpaired) electrons. The van der Waals surface area contributed by atoms with Crippen molar-refractivity contribution in [3.63, 3.8) is 0 Å². The molecule has 32 heavy (non-hydrogen) atoms. The van der Waals surface area contributed by atoms with Crippen molar-refractivity contribution in [2.24, 2.45) is 0 Å². The van der Waals surface area contributed by atoms with Gasteiger partial charge in [0.1, 0.15) is 5.82 Å². The van der Waals surface area contributed by atoms with Crippen LogP contribution in [-0.4, -0.2) is 0 Å². The Morgan fingerprint density at radius 2 is 0.938 bits per heavy atom. The van der Waals surface area contributed by atoms with Gasteiger partial charge >= 0.3 is 0 Å². The molecule has 0 aromatic heterocycles. The largest absolute Gasteiger partial charge is 0.206 e. The van der Waals surface area contributed by atoms with Crippen molar-refractivity contribution in [2.75, 3.05) is 0 Å². The first-order chi connectivity index (χ1) is 14.7. The number of halogens is 1. The molecule has 0 spiro atoms. The van der Waals surface area contributed by atoms with E-state index >= 15 is 0 Å². The van der Waals surface area contributed by atoms with E-state index in [1.165, 1.54) is 11.1 Å². The van der Waals surface area contributed by atoms with E-state index in [1.54, 1.807) is 11.1 Å². The van der Waals surface area contributed by atoms with E-state index in [0.717, 1.165) is 16.7 Å². The van der Waals surface area contributed by atoms with E-state index in [2.05, 4.69) is 94.4 Å². The number of hydrogen-bond donors (Lipinski definition) is 0. The van der Waals surface area contributed by atoms with Crippen molar-refractivity contribution >= 4 is 0 Å². The van der Waals surface area contributed by atoms with Gasteiger partial charge in [0, 0.05) is 0 Å². The molecule has 0 aliphatic carbocycles. The van der Waals surface area contributed by atoms with Crippen molar-refractivity contribution in [3.05, 3.63) is 69.0 Å². The Morgan fingerprint density at radius 1 is 0.500 bits per heavy atom. The molecule has 0 saturated heterocycles. The third kappa shape index (κ3) is 6.93. The van der Waals surface area contributed by atoms with Crippen molar-refractivity contribution in [3.8, 4) is 0 Å². The molecule has 0 saturated carbocycles. The average molecular weight is 441 g/mol. The smallest absolute Gasteiger partial charge is 0.130 e. The first-order valence-electron chi connectivity index (χ1n) is 12.7. The topological polar surface area (TPSA) is 0 Å². The fraction of sp³-hybridized carbons (Fsp3) is 0.613. The summed E-state index contributed by atoms with van der Waals surface area (Å²) in [6.07, 6.45) is 0. The van der Waals surface area contributed by atoms with Gasteiger partial charge in [0.05, 0.1) is 0 Å². The van der Waals surface area contributed by atoms with Crippen LogP contribution in [0, 0.1) is 12.7 Å². The molecule has 2 aromatic carbocycles. The summed E-state index contributed by atoms with van der Waals surface area (Å²) in [5, 5.41) is 0. The van der Waals surface area contributed by atoms with Crippen LogP contribution in [0.5, 0.6) is 0 Å². The molecule has 0 atom stereocenters. The third-order valence-electron chi connectivity index (χ3n) is 6.37. The van der Waals surface area contributed by atoms with Gasteiger partial charge in [-0.25, -0.2) is 4.39 Å². The first kappa shape index (κ1) is 28.4. The van der Waals surface area contributed by atoms with E-state index in [0.29, 0.717) is 23.7 Å². The van der Waals surface area contributed by atoms with Crippen LogP contribution in [-0.2, 0) is 0 Å². The summed E-state index contributed by atoms with van der Waals surface area (Å²) >= 11 is 0. The Bertz CT molecular complexity index is 867. The molecule has 0 N–H and O–H groups in total. The predicted octanol–water partition coefficient (Wildman–Crippen LogP) is 10.6. The van der Waals surface area contributed by atoms with Gasteiger partial charge < -0.3 is 0 Å². The highest BCUT2D eigenvalue weighted by atomic mass is 19.1. The number of aryl methyl sites for hydroxylation is 1. The maximum Gasteiger partial charge on any atom is 0.130 e. The lowest BCUT2D eigenvalue weighted by Gasteiger charge is -2.21. The van der Waals surface area contributed by atoms with Crippen molar-refractivity contribution in [1.82, 2.24) is 0 Å². The number of benzene rings is 2. The first-order valence-corrected chi connectivity index (χ1v) is 12.7. The zero-order chi connectivity index (χ0) is 24.9. The second kappa shape index (κ2) is 12.0. The van der Waals surface area contributed by atoms with Gasteiger partial charge in [0.2, 0.25) is 0 Å². The Kier molecular flexibility index (Phi) is 10.7. The van der Waals surface area contributed by atoms with E-state index in [4.69, 9.17) is 0 Å². The number of rotatable bonds is 6. The molecule has 2 rings (SSSR count). The van der Waals surface area contributed by atoms with Crippen molar-refractivity contribution in [2.45, 2.75) is 126 Å². The molecule has 0 aliphatic heterocycles. The van der Waals surface area contributed by atoms with Crippen molar-refractivity contribution in [1.29, 1.82) is 0 Å². The fourth-order valence-corrected chi connectivity index (χ4v) is 4.61. The molecular weight excluding hydrogens is 391 g/mol. The van der Waals surface area contributed by atoms with Gasteiger partial charge in [-0.15, -0.1) is 0 Å². The predicted molar refractivity (Wildman–Crippen MR) is 142 cm³/mol. The van der Waals surface area contributed by atoms with Gasteiger partial charge in [-0.3, -0.25) is 0 Å². The highest BCUT2D eigenvalue weighted by Crippen LogP contribution is 2.33. The molecule has 0 unspecified atom stereocenters. The molecule has 0 bridgehead atoms. The molecule has 0 nitrogen and oxygen atoms in total.